The zero-order chi connectivity index (χ0) is 17.8. The summed E-state index contributed by atoms with van der Waals surface area (Å²) < 4.78 is 6.14. The summed E-state index contributed by atoms with van der Waals surface area (Å²) >= 11 is 3.32. The summed E-state index contributed by atoms with van der Waals surface area (Å²) in [6.07, 6.45) is 2.19. The first-order chi connectivity index (χ1) is 12.0. The maximum Gasteiger partial charge on any atom is 0.338 e. The second-order valence-corrected chi connectivity index (χ2v) is 6.22. The van der Waals surface area contributed by atoms with E-state index in [1.807, 2.05) is 12.1 Å². The summed E-state index contributed by atoms with van der Waals surface area (Å²) in [7, 11) is 0. The molecule has 0 bridgehead atoms. The lowest BCUT2D eigenvalue weighted by molar-refractivity contribution is -0.123. The number of aromatic nitrogens is 2. The minimum Gasteiger partial charge on any atom is -0.449 e. The molecule has 0 fully saturated rings. The molecular formula is C18H14BrN3O3. The van der Waals surface area contributed by atoms with Gasteiger partial charge in [-0.2, -0.15) is 0 Å². The summed E-state index contributed by atoms with van der Waals surface area (Å²) in [5.74, 6) is -0.998. The molecule has 126 valence electrons. The Labute approximate surface area is 152 Å². The summed E-state index contributed by atoms with van der Waals surface area (Å²) in [5.41, 5.74) is 2.21. The smallest absolute Gasteiger partial charge is 0.338 e. The van der Waals surface area contributed by atoms with E-state index in [-0.39, 0.29) is 0 Å². The number of nitrogens with one attached hydrogen (secondary N) is 1. The highest BCUT2D eigenvalue weighted by Crippen LogP contribution is 2.16. The van der Waals surface area contributed by atoms with E-state index in [2.05, 4.69) is 31.2 Å². The van der Waals surface area contributed by atoms with Gasteiger partial charge in [-0.15, -0.1) is 0 Å². The maximum absolute atomic E-state index is 12.2. The van der Waals surface area contributed by atoms with Gasteiger partial charge in [-0.3, -0.25) is 14.8 Å². The average molecular weight is 400 g/mol. The number of carbonyl (C=O) groups excluding carboxylic acids is 2. The van der Waals surface area contributed by atoms with Crippen LogP contribution in [0.4, 0.5) is 5.69 Å². The van der Waals surface area contributed by atoms with E-state index >= 15 is 0 Å². The molecular weight excluding hydrogens is 386 g/mol. The zero-order valence-corrected chi connectivity index (χ0v) is 14.9. The number of hydrogen-bond acceptors (Lipinski definition) is 5. The number of carbonyl (C=O) groups is 2. The van der Waals surface area contributed by atoms with Crippen LogP contribution in [0.3, 0.4) is 0 Å². The fraction of sp³-hybridized carbons (Fsp3) is 0.111. The van der Waals surface area contributed by atoms with Crippen LogP contribution in [0.5, 0.6) is 0 Å². The van der Waals surface area contributed by atoms with E-state index in [1.54, 1.807) is 42.7 Å². The fourth-order valence-electron chi connectivity index (χ4n) is 2.15. The monoisotopic (exact) mass is 399 g/mol. The van der Waals surface area contributed by atoms with E-state index in [0.717, 1.165) is 4.47 Å². The number of anilines is 1. The first kappa shape index (κ1) is 17.0. The van der Waals surface area contributed by atoms with E-state index in [9.17, 15) is 9.59 Å². The van der Waals surface area contributed by atoms with Gasteiger partial charge in [0.15, 0.2) is 6.10 Å². The molecule has 6 nitrogen and oxygen atoms in total. The fourth-order valence-corrected chi connectivity index (χ4v) is 2.41. The van der Waals surface area contributed by atoms with Crippen molar-refractivity contribution < 1.29 is 14.3 Å². The van der Waals surface area contributed by atoms with Crippen molar-refractivity contribution in [3.8, 4) is 0 Å². The molecule has 1 N–H and O–H groups in total. The lowest BCUT2D eigenvalue weighted by atomic mass is 10.2. The van der Waals surface area contributed by atoms with Gasteiger partial charge in [0, 0.05) is 22.6 Å². The van der Waals surface area contributed by atoms with Crippen molar-refractivity contribution in [1.29, 1.82) is 0 Å². The maximum atomic E-state index is 12.2. The van der Waals surface area contributed by atoms with E-state index in [1.165, 1.54) is 6.92 Å². The Balaban J connectivity index is 1.66. The summed E-state index contributed by atoms with van der Waals surface area (Å²) in [6, 6.07) is 12.0. The van der Waals surface area contributed by atoms with Gasteiger partial charge < -0.3 is 10.1 Å². The molecule has 1 aromatic heterocycles. The largest absolute Gasteiger partial charge is 0.449 e. The number of halogens is 1. The standard InChI is InChI=1S/C18H14BrN3O3/c1-11(17(23)22-14-5-3-13(19)4-6-14)25-18(24)12-2-7-15-16(10-12)21-9-8-20-15/h2-11H,1H3,(H,22,23)/t11-/m0/s1. The predicted octanol–water partition coefficient (Wildman–Crippen LogP) is 3.58. The lowest BCUT2D eigenvalue weighted by Gasteiger charge is -2.13. The third kappa shape index (κ3) is 4.19. The van der Waals surface area contributed by atoms with Crippen molar-refractivity contribution in [1.82, 2.24) is 9.97 Å². The van der Waals surface area contributed by atoms with Crippen molar-refractivity contribution in [2.24, 2.45) is 0 Å². The van der Waals surface area contributed by atoms with E-state index < -0.39 is 18.0 Å². The molecule has 3 rings (SSSR count). The quantitative estimate of drug-likeness (QED) is 0.678. The van der Waals surface area contributed by atoms with Crippen LogP contribution in [-0.4, -0.2) is 27.9 Å². The van der Waals surface area contributed by atoms with Gasteiger partial charge in [-0.1, -0.05) is 15.9 Å². The predicted molar refractivity (Wildman–Crippen MR) is 97.2 cm³/mol. The van der Waals surface area contributed by atoms with Crippen LogP contribution in [0.1, 0.15) is 17.3 Å². The van der Waals surface area contributed by atoms with Crippen LogP contribution in [0, 0.1) is 0 Å². The molecule has 0 unspecified atom stereocenters. The van der Waals surface area contributed by atoms with Crippen LogP contribution >= 0.6 is 15.9 Å². The van der Waals surface area contributed by atoms with E-state index in [0.29, 0.717) is 22.3 Å². The highest BCUT2D eigenvalue weighted by molar-refractivity contribution is 9.10. The number of esters is 1. The highest BCUT2D eigenvalue weighted by Gasteiger charge is 2.19. The van der Waals surface area contributed by atoms with Gasteiger partial charge in [-0.25, -0.2) is 4.79 Å². The molecule has 0 saturated heterocycles. The average Bonchev–Trinajstić information content (AvgIpc) is 2.63. The third-order valence-corrected chi connectivity index (χ3v) is 4.00. The van der Waals surface area contributed by atoms with Gasteiger partial charge >= 0.3 is 5.97 Å². The minimum absolute atomic E-state index is 0.316. The number of fused-ring (bicyclic) bond motifs is 1. The van der Waals surface area contributed by atoms with Crippen LogP contribution in [0.15, 0.2) is 59.3 Å². The molecule has 7 heteroatoms. The first-order valence-electron chi connectivity index (χ1n) is 7.51. The summed E-state index contributed by atoms with van der Waals surface area (Å²) in [4.78, 5) is 32.7. The lowest BCUT2D eigenvalue weighted by Crippen LogP contribution is -2.30. The van der Waals surface area contributed by atoms with Gasteiger partial charge in [-0.05, 0) is 49.4 Å². The Morgan fingerprint density at radius 1 is 1.04 bits per heavy atom. The molecule has 1 heterocycles. The van der Waals surface area contributed by atoms with Crippen LogP contribution in [-0.2, 0) is 9.53 Å². The van der Waals surface area contributed by atoms with Crippen molar-refractivity contribution in [3.05, 3.63) is 64.9 Å². The molecule has 25 heavy (non-hydrogen) atoms. The zero-order valence-electron chi connectivity index (χ0n) is 13.3. The molecule has 1 atom stereocenters. The molecule has 0 saturated carbocycles. The number of nitrogens with zero attached hydrogens (tertiary/aromatic N) is 2. The second kappa shape index (κ2) is 7.40. The van der Waals surface area contributed by atoms with Crippen molar-refractivity contribution in [2.75, 3.05) is 5.32 Å². The summed E-state index contributed by atoms with van der Waals surface area (Å²) in [6.45, 7) is 1.52. The normalized spacial score (nSPS) is 11.8. The minimum atomic E-state index is -0.936. The molecule has 0 spiro atoms. The highest BCUT2D eigenvalue weighted by atomic mass is 79.9. The number of benzene rings is 2. The molecule has 0 aliphatic carbocycles. The molecule has 1 amide bonds. The Kier molecular flexibility index (Phi) is 5.04. The summed E-state index contributed by atoms with van der Waals surface area (Å²) in [5, 5.41) is 2.70. The second-order valence-electron chi connectivity index (χ2n) is 5.30. The van der Waals surface area contributed by atoms with Crippen molar-refractivity contribution in [2.45, 2.75) is 13.0 Å². The van der Waals surface area contributed by atoms with Crippen molar-refractivity contribution >= 4 is 44.5 Å². The molecule has 3 aromatic rings. The molecule has 0 radical (unpaired) electrons. The Hall–Kier alpha value is -2.80. The Morgan fingerprint density at radius 3 is 2.44 bits per heavy atom. The van der Waals surface area contributed by atoms with Gasteiger partial charge in [0.1, 0.15) is 0 Å². The number of amides is 1. The Morgan fingerprint density at radius 2 is 1.72 bits per heavy atom. The molecule has 0 aliphatic rings. The molecule has 0 aliphatic heterocycles. The Bertz CT molecular complexity index is 928. The van der Waals surface area contributed by atoms with E-state index in [4.69, 9.17) is 4.74 Å². The first-order valence-corrected chi connectivity index (χ1v) is 8.30. The van der Waals surface area contributed by atoms with Crippen LogP contribution in [0.25, 0.3) is 11.0 Å². The SMILES string of the molecule is C[C@H](OC(=O)c1ccc2nccnc2c1)C(=O)Nc1ccc(Br)cc1. The number of rotatable bonds is 4. The third-order valence-electron chi connectivity index (χ3n) is 3.47. The molecule has 2 aromatic carbocycles. The number of ether oxygens (including phenoxy) is 1. The van der Waals surface area contributed by atoms with Gasteiger partial charge in [0.05, 0.1) is 16.6 Å². The topological polar surface area (TPSA) is 81.2 Å². The van der Waals surface area contributed by atoms with Crippen LogP contribution in [0.2, 0.25) is 0 Å². The van der Waals surface area contributed by atoms with Gasteiger partial charge in [0.2, 0.25) is 0 Å². The number of hydrogen-bond donors (Lipinski definition) is 1. The van der Waals surface area contributed by atoms with Crippen molar-refractivity contribution in [3.63, 3.8) is 0 Å². The van der Waals surface area contributed by atoms with Gasteiger partial charge in [0.25, 0.3) is 5.91 Å². The van der Waals surface area contributed by atoms with Crippen LogP contribution < -0.4 is 5.32 Å².